The van der Waals surface area contributed by atoms with Crippen LogP contribution >= 0.6 is 0 Å². The maximum Gasteiger partial charge on any atom is 0.244 e. The van der Waals surface area contributed by atoms with E-state index in [4.69, 9.17) is 0 Å². The van der Waals surface area contributed by atoms with Crippen molar-refractivity contribution in [1.82, 2.24) is 8.61 Å². The van der Waals surface area contributed by atoms with Crippen molar-refractivity contribution in [2.75, 3.05) is 23.0 Å². The Kier molecular flexibility index (Phi) is 6.44. The summed E-state index contributed by atoms with van der Waals surface area (Å²) in [5.41, 5.74) is 2.18. The van der Waals surface area contributed by atoms with Gasteiger partial charge in [-0.1, -0.05) is 24.3 Å². The van der Waals surface area contributed by atoms with Crippen LogP contribution in [0.1, 0.15) is 22.3 Å². The summed E-state index contributed by atoms with van der Waals surface area (Å²) in [4.78, 5) is -0.0936. The lowest BCUT2D eigenvalue weighted by Crippen LogP contribution is -2.70. The van der Waals surface area contributed by atoms with E-state index in [1.54, 1.807) is 52.0 Å². The first kappa shape index (κ1) is 27.7. The number of hydrogen-bond acceptors (Lipinski definition) is 8. The number of aryl methyl sites for hydroxylation is 4. The van der Waals surface area contributed by atoms with Gasteiger partial charge in [0.25, 0.3) is 0 Å². The minimum Gasteiger partial charge on any atom is -0.229 e. The van der Waals surface area contributed by atoms with Gasteiger partial charge in [0, 0.05) is 0 Å². The summed E-state index contributed by atoms with van der Waals surface area (Å²) in [5, 5.41) is 0. The summed E-state index contributed by atoms with van der Waals surface area (Å²) in [6.45, 7) is 6.66. The first-order valence-electron chi connectivity index (χ1n) is 12.1. The molecule has 0 spiro atoms. The molecule has 10 nitrogen and oxygen atoms in total. The zero-order valence-corrected chi connectivity index (χ0v) is 24.7. The lowest BCUT2D eigenvalue weighted by Gasteiger charge is -2.49. The Morgan fingerprint density at radius 1 is 0.579 bits per heavy atom. The van der Waals surface area contributed by atoms with Gasteiger partial charge < -0.3 is 0 Å². The SMILES string of the molecule is Cc1ccc(C)c(S(=O)(=O)N2[C@@H]3CS(=O)(=O)C[C@@H]3N(S(=O)(=O)c3cc(C)ccc3C)[C@@H]3CS(=O)(=O)C[C@@H]32)c1. The molecule has 5 rings (SSSR count). The van der Waals surface area contributed by atoms with Crippen LogP contribution in [0, 0.1) is 27.7 Å². The summed E-state index contributed by atoms with van der Waals surface area (Å²) in [7, 11) is -16.5. The average Bonchev–Trinajstić information content (AvgIpc) is 3.26. The number of nitrogens with zero attached hydrogens (tertiary/aromatic N) is 2. The molecular weight excluding hydrogens is 573 g/mol. The summed E-state index contributed by atoms with van der Waals surface area (Å²) in [6, 6.07) is 4.65. The quantitative estimate of drug-likeness (QED) is 0.503. The Bertz CT molecular complexity index is 1600. The van der Waals surface area contributed by atoms with Gasteiger partial charge in [-0.3, -0.25) is 0 Å². The van der Waals surface area contributed by atoms with E-state index < -0.39 is 86.9 Å². The van der Waals surface area contributed by atoms with Crippen LogP contribution < -0.4 is 0 Å². The first-order valence-corrected chi connectivity index (χ1v) is 18.6. The average molecular weight is 603 g/mol. The van der Waals surface area contributed by atoms with Crippen molar-refractivity contribution in [3.63, 3.8) is 0 Å². The standard InChI is InChI=1S/C24H30N2O8S4/c1-15-5-7-17(3)23(9-15)37(31,32)25-19-11-35(27,28)13-21(19)26(22-14-36(29,30)12-20(22)25)38(33,34)24-10-16(2)6-8-18(24)4/h5-10,19-22H,11-14H2,1-4H3/t19-,20+,21+,22-. The highest BCUT2D eigenvalue weighted by atomic mass is 32.2. The molecule has 0 N–H and O–H groups in total. The van der Waals surface area contributed by atoms with Crippen molar-refractivity contribution in [2.45, 2.75) is 61.7 Å². The molecular formula is C24H30N2O8S4. The summed E-state index contributed by atoms with van der Waals surface area (Å²) >= 11 is 0. The van der Waals surface area contributed by atoms with Crippen LogP contribution in [0.3, 0.4) is 0 Å². The van der Waals surface area contributed by atoms with Crippen molar-refractivity contribution in [2.24, 2.45) is 0 Å². The smallest absolute Gasteiger partial charge is 0.229 e. The predicted molar refractivity (Wildman–Crippen MR) is 142 cm³/mol. The molecule has 3 heterocycles. The van der Waals surface area contributed by atoms with Crippen molar-refractivity contribution >= 4 is 39.7 Å². The molecule has 14 heteroatoms. The maximum atomic E-state index is 14.2. The number of piperazine rings is 1. The normalized spacial score (nSPS) is 29.2. The molecule has 0 saturated carbocycles. The highest BCUT2D eigenvalue weighted by Crippen LogP contribution is 2.43. The van der Waals surface area contributed by atoms with Gasteiger partial charge in [0.05, 0.1) is 57.0 Å². The molecule has 0 aliphatic carbocycles. The number of benzene rings is 2. The van der Waals surface area contributed by atoms with Crippen molar-refractivity contribution in [3.05, 3.63) is 58.7 Å². The van der Waals surface area contributed by atoms with Crippen molar-refractivity contribution < 1.29 is 33.7 Å². The third-order valence-corrected chi connectivity index (χ3v) is 15.3. The van der Waals surface area contributed by atoms with E-state index in [1.165, 1.54) is 12.1 Å². The number of fused-ring (bicyclic) bond motifs is 2. The Hall–Kier alpha value is -1.84. The zero-order chi connectivity index (χ0) is 28.0. The van der Waals surface area contributed by atoms with E-state index >= 15 is 0 Å². The van der Waals surface area contributed by atoms with Gasteiger partial charge in [-0.05, 0) is 62.1 Å². The van der Waals surface area contributed by atoms with Crippen LogP contribution in [0.15, 0.2) is 46.2 Å². The van der Waals surface area contributed by atoms with Crippen molar-refractivity contribution in [3.8, 4) is 0 Å². The largest absolute Gasteiger partial charge is 0.244 e. The molecule has 3 aliphatic rings. The van der Waals surface area contributed by atoms with Gasteiger partial charge >= 0.3 is 0 Å². The fourth-order valence-electron chi connectivity index (χ4n) is 6.00. The Balaban J connectivity index is 1.75. The molecule has 0 amide bonds. The highest BCUT2D eigenvalue weighted by Gasteiger charge is 2.63. The van der Waals surface area contributed by atoms with Gasteiger partial charge in [0.2, 0.25) is 20.0 Å². The molecule has 0 bridgehead atoms. The molecule has 4 atom stereocenters. The molecule has 208 valence electrons. The van der Waals surface area contributed by atoms with Crippen LogP contribution in [0.2, 0.25) is 0 Å². The maximum absolute atomic E-state index is 14.2. The van der Waals surface area contributed by atoms with E-state index in [0.29, 0.717) is 22.3 Å². The highest BCUT2D eigenvalue weighted by molar-refractivity contribution is 7.93. The van der Waals surface area contributed by atoms with Crippen molar-refractivity contribution in [1.29, 1.82) is 0 Å². The van der Waals surface area contributed by atoms with E-state index in [1.807, 2.05) is 0 Å². The fraction of sp³-hybridized carbons (Fsp3) is 0.500. The van der Waals surface area contributed by atoms with Gasteiger partial charge in [0.15, 0.2) is 19.7 Å². The third-order valence-electron chi connectivity index (χ3n) is 7.69. The van der Waals surface area contributed by atoms with E-state index in [0.717, 1.165) is 8.61 Å². The lowest BCUT2D eigenvalue weighted by atomic mass is 10.0. The van der Waals surface area contributed by atoms with Crippen LogP contribution in [-0.2, 0) is 39.7 Å². The van der Waals surface area contributed by atoms with Crippen LogP contribution in [0.5, 0.6) is 0 Å². The third kappa shape index (κ3) is 4.42. The monoisotopic (exact) mass is 602 g/mol. The second-order valence-electron chi connectivity index (χ2n) is 10.6. The summed E-state index contributed by atoms with van der Waals surface area (Å²) in [6.07, 6.45) is 0. The van der Waals surface area contributed by atoms with Gasteiger partial charge in [0.1, 0.15) is 0 Å². The topological polar surface area (TPSA) is 143 Å². The summed E-state index contributed by atoms with van der Waals surface area (Å²) in [5.74, 6) is -2.37. The molecule has 3 fully saturated rings. The fourth-order valence-corrected chi connectivity index (χ4v) is 14.6. The minimum atomic E-state index is -4.39. The molecule has 38 heavy (non-hydrogen) atoms. The second-order valence-corrected chi connectivity index (χ2v) is 18.6. The van der Waals surface area contributed by atoms with E-state index in [-0.39, 0.29) is 9.79 Å². The number of hydrogen-bond donors (Lipinski definition) is 0. The molecule has 3 saturated heterocycles. The number of sulfone groups is 2. The minimum absolute atomic E-state index is 0.0468. The molecule has 3 aliphatic heterocycles. The van der Waals surface area contributed by atoms with E-state index in [2.05, 4.69) is 0 Å². The summed E-state index contributed by atoms with van der Waals surface area (Å²) < 4.78 is 110. The van der Waals surface area contributed by atoms with Crippen LogP contribution in [0.4, 0.5) is 0 Å². The number of rotatable bonds is 4. The Morgan fingerprint density at radius 2 is 0.868 bits per heavy atom. The number of sulfonamides is 2. The van der Waals surface area contributed by atoms with Gasteiger partial charge in [-0.2, -0.15) is 8.61 Å². The second kappa shape index (κ2) is 8.83. The molecule has 0 aromatic heterocycles. The molecule has 0 radical (unpaired) electrons. The van der Waals surface area contributed by atoms with Gasteiger partial charge in [-0.15, -0.1) is 0 Å². The predicted octanol–water partition coefficient (Wildman–Crippen LogP) is 0.947. The van der Waals surface area contributed by atoms with Crippen LogP contribution in [-0.4, -0.2) is 89.5 Å². The first-order chi connectivity index (χ1) is 17.4. The van der Waals surface area contributed by atoms with Crippen LogP contribution in [0.25, 0.3) is 0 Å². The Labute approximate surface area is 224 Å². The zero-order valence-electron chi connectivity index (χ0n) is 21.4. The Morgan fingerprint density at radius 3 is 1.16 bits per heavy atom. The molecule has 0 unspecified atom stereocenters. The lowest BCUT2D eigenvalue weighted by molar-refractivity contribution is 0.0841. The molecule has 2 aromatic rings. The molecule has 2 aromatic carbocycles. The van der Waals surface area contributed by atoms with Gasteiger partial charge in [-0.25, -0.2) is 33.7 Å². The van der Waals surface area contributed by atoms with E-state index in [9.17, 15) is 33.7 Å².